The summed E-state index contributed by atoms with van der Waals surface area (Å²) in [5.74, 6) is 0.769. The first-order valence-corrected chi connectivity index (χ1v) is 6.71. The van der Waals surface area contributed by atoms with E-state index in [4.69, 9.17) is 0 Å². The van der Waals surface area contributed by atoms with Crippen LogP contribution in [0.4, 0.5) is 5.82 Å². The molecule has 20 heavy (non-hydrogen) atoms. The maximum Gasteiger partial charge on any atom is 0.308 e. The molecule has 1 N–H and O–H groups in total. The molecule has 0 saturated carbocycles. The molecule has 2 aromatic heterocycles. The summed E-state index contributed by atoms with van der Waals surface area (Å²) in [6.45, 7) is 5.24. The van der Waals surface area contributed by atoms with Crippen molar-refractivity contribution in [3.8, 4) is 0 Å². The van der Waals surface area contributed by atoms with Gasteiger partial charge >= 0.3 is 5.97 Å². The molecule has 2 atom stereocenters. The van der Waals surface area contributed by atoms with Crippen molar-refractivity contribution in [1.29, 1.82) is 0 Å². The number of nitrogens with zero attached hydrogens (tertiary/aromatic N) is 5. The molecule has 3 rings (SSSR count). The zero-order valence-electron chi connectivity index (χ0n) is 11.5. The van der Waals surface area contributed by atoms with E-state index >= 15 is 0 Å². The lowest BCUT2D eigenvalue weighted by Gasteiger charge is -2.35. The molecule has 1 fully saturated rings. The Hall–Kier alpha value is -2.18. The third-order valence-electron chi connectivity index (χ3n) is 3.74. The molecule has 7 heteroatoms. The van der Waals surface area contributed by atoms with E-state index in [1.807, 2.05) is 24.0 Å². The second-order valence-corrected chi connectivity index (χ2v) is 5.49. The van der Waals surface area contributed by atoms with Crippen molar-refractivity contribution in [3.63, 3.8) is 0 Å². The SMILES string of the molecule is Cc1nnc2ccc(N3CC(C)CC(C(=O)O)C3)nn12. The van der Waals surface area contributed by atoms with Crippen molar-refractivity contribution in [2.45, 2.75) is 20.3 Å². The van der Waals surface area contributed by atoms with Crippen LogP contribution >= 0.6 is 0 Å². The van der Waals surface area contributed by atoms with E-state index in [2.05, 4.69) is 22.2 Å². The first kappa shape index (κ1) is 12.8. The van der Waals surface area contributed by atoms with Crippen molar-refractivity contribution in [3.05, 3.63) is 18.0 Å². The fourth-order valence-corrected chi connectivity index (χ4v) is 2.77. The number of carboxylic acid groups (broad SMARTS) is 1. The third-order valence-corrected chi connectivity index (χ3v) is 3.74. The van der Waals surface area contributed by atoms with Crippen LogP contribution in [0, 0.1) is 18.8 Å². The topological polar surface area (TPSA) is 83.6 Å². The van der Waals surface area contributed by atoms with Crippen molar-refractivity contribution in [2.24, 2.45) is 11.8 Å². The first-order chi connectivity index (χ1) is 9.54. The first-order valence-electron chi connectivity index (χ1n) is 6.71. The summed E-state index contributed by atoms with van der Waals surface area (Å²) in [7, 11) is 0. The fourth-order valence-electron chi connectivity index (χ4n) is 2.77. The summed E-state index contributed by atoms with van der Waals surface area (Å²) in [5, 5.41) is 21.7. The lowest BCUT2D eigenvalue weighted by atomic mass is 9.90. The molecule has 0 bridgehead atoms. The number of fused-ring (bicyclic) bond motifs is 1. The third kappa shape index (κ3) is 2.19. The van der Waals surface area contributed by atoms with E-state index in [0.717, 1.165) is 24.6 Å². The fraction of sp³-hybridized carbons (Fsp3) is 0.538. The van der Waals surface area contributed by atoms with Gasteiger partial charge in [0.1, 0.15) is 5.82 Å². The van der Waals surface area contributed by atoms with Gasteiger partial charge in [0.05, 0.1) is 5.92 Å². The molecule has 1 aliphatic rings. The number of hydrogen-bond acceptors (Lipinski definition) is 5. The minimum atomic E-state index is -0.733. The van der Waals surface area contributed by atoms with Crippen LogP contribution in [0.15, 0.2) is 12.1 Å². The van der Waals surface area contributed by atoms with Crippen LogP contribution in [0.3, 0.4) is 0 Å². The molecule has 106 valence electrons. The summed E-state index contributed by atoms with van der Waals surface area (Å²) < 4.78 is 1.68. The molecule has 0 aliphatic carbocycles. The zero-order chi connectivity index (χ0) is 14.3. The Morgan fingerprint density at radius 2 is 2.15 bits per heavy atom. The number of hydrogen-bond donors (Lipinski definition) is 1. The lowest BCUT2D eigenvalue weighted by Crippen LogP contribution is -2.43. The van der Waals surface area contributed by atoms with Crippen LogP contribution < -0.4 is 4.90 Å². The Bertz CT molecular complexity index is 653. The highest BCUT2D eigenvalue weighted by Crippen LogP contribution is 2.25. The second kappa shape index (κ2) is 4.73. The highest BCUT2D eigenvalue weighted by Gasteiger charge is 2.30. The smallest absolute Gasteiger partial charge is 0.308 e. The van der Waals surface area contributed by atoms with E-state index < -0.39 is 5.97 Å². The van der Waals surface area contributed by atoms with Crippen molar-refractivity contribution >= 4 is 17.4 Å². The number of piperidine rings is 1. The summed E-state index contributed by atoms with van der Waals surface area (Å²) in [6.07, 6.45) is 0.722. The highest BCUT2D eigenvalue weighted by atomic mass is 16.4. The Labute approximate surface area is 116 Å². The van der Waals surface area contributed by atoms with Gasteiger partial charge in [-0.3, -0.25) is 4.79 Å². The number of aromatic nitrogens is 4. The normalized spacial score (nSPS) is 23.2. The van der Waals surface area contributed by atoms with Gasteiger partial charge in [0, 0.05) is 13.1 Å². The van der Waals surface area contributed by atoms with Crippen molar-refractivity contribution in [2.75, 3.05) is 18.0 Å². The molecule has 7 nitrogen and oxygen atoms in total. The van der Waals surface area contributed by atoms with Crippen LogP contribution in [-0.4, -0.2) is 44.0 Å². The molecule has 0 spiro atoms. The predicted molar refractivity (Wildman–Crippen MR) is 72.6 cm³/mol. The Morgan fingerprint density at radius 1 is 1.35 bits per heavy atom. The maximum absolute atomic E-state index is 11.2. The summed E-state index contributed by atoms with van der Waals surface area (Å²) in [6, 6.07) is 3.73. The van der Waals surface area contributed by atoms with Gasteiger partial charge < -0.3 is 10.0 Å². The molecule has 2 aromatic rings. The van der Waals surface area contributed by atoms with Crippen molar-refractivity contribution < 1.29 is 9.90 Å². The highest BCUT2D eigenvalue weighted by molar-refractivity contribution is 5.71. The van der Waals surface area contributed by atoms with Gasteiger partial charge in [-0.05, 0) is 31.4 Å². The van der Waals surface area contributed by atoms with Crippen molar-refractivity contribution in [1.82, 2.24) is 19.8 Å². The lowest BCUT2D eigenvalue weighted by molar-refractivity contribution is -0.142. The van der Waals surface area contributed by atoms with E-state index in [0.29, 0.717) is 18.1 Å². The van der Waals surface area contributed by atoms with Gasteiger partial charge in [0.25, 0.3) is 0 Å². The van der Waals surface area contributed by atoms with E-state index in [1.54, 1.807) is 4.52 Å². The van der Waals surface area contributed by atoms with E-state index in [9.17, 15) is 9.90 Å². The Balaban J connectivity index is 1.92. The van der Waals surface area contributed by atoms with Gasteiger partial charge in [-0.2, -0.15) is 4.52 Å². The van der Waals surface area contributed by atoms with E-state index in [-0.39, 0.29) is 5.92 Å². The number of carboxylic acids is 1. The number of aliphatic carboxylic acids is 1. The second-order valence-electron chi connectivity index (χ2n) is 5.49. The van der Waals surface area contributed by atoms with Gasteiger partial charge in [0.15, 0.2) is 11.5 Å². The quantitative estimate of drug-likeness (QED) is 0.879. The molecule has 1 saturated heterocycles. The van der Waals surface area contributed by atoms with Crippen LogP contribution in [0.1, 0.15) is 19.2 Å². The summed E-state index contributed by atoms with van der Waals surface area (Å²) in [5.41, 5.74) is 0.700. The van der Waals surface area contributed by atoms with Crippen LogP contribution in [-0.2, 0) is 4.79 Å². The Kier molecular flexibility index (Phi) is 3.04. The standard InChI is InChI=1S/C13H17N5O2/c1-8-5-10(13(19)20)7-17(6-8)12-4-3-11-15-14-9(2)18(11)16-12/h3-4,8,10H,5-7H2,1-2H3,(H,19,20). The van der Waals surface area contributed by atoms with Gasteiger partial charge in [0.2, 0.25) is 0 Å². The number of carbonyl (C=O) groups is 1. The molecule has 3 heterocycles. The molecular formula is C13H17N5O2. The molecular weight excluding hydrogens is 258 g/mol. The zero-order valence-corrected chi connectivity index (χ0v) is 11.5. The van der Waals surface area contributed by atoms with Crippen LogP contribution in [0.25, 0.3) is 5.65 Å². The van der Waals surface area contributed by atoms with Crippen LogP contribution in [0.5, 0.6) is 0 Å². The Morgan fingerprint density at radius 3 is 2.90 bits per heavy atom. The summed E-state index contributed by atoms with van der Waals surface area (Å²) >= 11 is 0. The minimum Gasteiger partial charge on any atom is -0.481 e. The molecule has 0 aromatic carbocycles. The number of rotatable bonds is 2. The number of aryl methyl sites for hydroxylation is 1. The molecule has 0 radical (unpaired) electrons. The van der Waals surface area contributed by atoms with Gasteiger partial charge in [-0.1, -0.05) is 6.92 Å². The average Bonchev–Trinajstić information content (AvgIpc) is 2.79. The maximum atomic E-state index is 11.2. The molecule has 0 amide bonds. The van der Waals surface area contributed by atoms with Crippen LogP contribution in [0.2, 0.25) is 0 Å². The monoisotopic (exact) mass is 275 g/mol. The predicted octanol–water partition coefficient (Wildman–Crippen LogP) is 0.980. The minimum absolute atomic E-state index is 0.335. The average molecular weight is 275 g/mol. The molecule has 2 unspecified atom stereocenters. The number of anilines is 1. The largest absolute Gasteiger partial charge is 0.481 e. The van der Waals surface area contributed by atoms with Gasteiger partial charge in [-0.15, -0.1) is 15.3 Å². The molecule has 1 aliphatic heterocycles. The summed E-state index contributed by atoms with van der Waals surface area (Å²) in [4.78, 5) is 13.3. The van der Waals surface area contributed by atoms with E-state index in [1.165, 1.54) is 0 Å². The van der Waals surface area contributed by atoms with Gasteiger partial charge in [-0.25, -0.2) is 0 Å².